The minimum Gasteiger partial charge on any atom is -0.324 e. The van der Waals surface area contributed by atoms with E-state index in [0.717, 1.165) is 26.1 Å². The Morgan fingerprint density at radius 1 is 1.21 bits per heavy atom. The van der Waals surface area contributed by atoms with Crippen LogP contribution in [0.15, 0.2) is 0 Å². The van der Waals surface area contributed by atoms with E-state index in [2.05, 4.69) is 25.7 Å². The summed E-state index contributed by atoms with van der Waals surface area (Å²) in [6.45, 7) is 12.6. The summed E-state index contributed by atoms with van der Waals surface area (Å²) >= 11 is 0. The standard InChI is InChI=1S/C10H24NO2P/c1-6-10(13-14(4,5)12)9-11(7-2)8-3/h10H,6-9H2,1-5H3. The molecule has 0 aliphatic rings. The van der Waals surface area contributed by atoms with Gasteiger partial charge >= 0.3 is 0 Å². The molecule has 0 saturated heterocycles. The molecule has 86 valence electrons. The Balaban J connectivity index is 4.08. The Bertz CT molecular complexity index is 187. The molecule has 0 aromatic carbocycles. The molecular formula is C10H24NO2P. The second kappa shape index (κ2) is 6.60. The fraction of sp³-hybridized carbons (Fsp3) is 1.00. The molecule has 1 unspecified atom stereocenters. The maximum absolute atomic E-state index is 11.5. The van der Waals surface area contributed by atoms with Gasteiger partial charge in [-0.3, -0.25) is 4.57 Å². The van der Waals surface area contributed by atoms with Gasteiger partial charge in [0.05, 0.1) is 6.10 Å². The summed E-state index contributed by atoms with van der Waals surface area (Å²) in [7, 11) is -2.34. The monoisotopic (exact) mass is 221 g/mol. The molecule has 4 heteroatoms. The van der Waals surface area contributed by atoms with Crippen LogP contribution < -0.4 is 0 Å². The van der Waals surface area contributed by atoms with Crippen LogP contribution in [0.4, 0.5) is 0 Å². The Morgan fingerprint density at radius 2 is 1.71 bits per heavy atom. The van der Waals surface area contributed by atoms with Crippen LogP contribution in [0, 0.1) is 0 Å². The van der Waals surface area contributed by atoms with E-state index in [0.29, 0.717) is 0 Å². The lowest BCUT2D eigenvalue weighted by atomic mass is 10.2. The average Bonchev–Trinajstić information content (AvgIpc) is 2.10. The van der Waals surface area contributed by atoms with E-state index >= 15 is 0 Å². The van der Waals surface area contributed by atoms with Gasteiger partial charge in [0, 0.05) is 19.9 Å². The third-order valence-electron chi connectivity index (χ3n) is 2.21. The molecular weight excluding hydrogens is 197 g/mol. The molecule has 0 saturated carbocycles. The molecule has 0 heterocycles. The molecule has 3 nitrogen and oxygen atoms in total. The van der Waals surface area contributed by atoms with Crippen molar-refractivity contribution in [2.75, 3.05) is 33.0 Å². The van der Waals surface area contributed by atoms with Crippen LogP contribution in [0.25, 0.3) is 0 Å². The van der Waals surface area contributed by atoms with E-state index < -0.39 is 7.37 Å². The summed E-state index contributed by atoms with van der Waals surface area (Å²) in [6, 6.07) is 0. The molecule has 0 amide bonds. The third kappa shape index (κ3) is 6.58. The Labute approximate surface area is 88.3 Å². The maximum atomic E-state index is 11.5. The highest BCUT2D eigenvalue weighted by Crippen LogP contribution is 2.39. The topological polar surface area (TPSA) is 29.5 Å². The third-order valence-corrected chi connectivity index (χ3v) is 3.02. The molecule has 0 aliphatic heterocycles. The van der Waals surface area contributed by atoms with Crippen molar-refractivity contribution in [2.24, 2.45) is 0 Å². The summed E-state index contributed by atoms with van der Waals surface area (Å²) in [5.74, 6) is 0. The second-order valence-corrected chi connectivity index (χ2v) is 6.59. The number of hydrogen-bond donors (Lipinski definition) is 0. The van der Waals surface area contributed by atoms with Crippen molar-refractivity contribution in [3.63, 3.8) is 0 Å². The number of rotatable bonds is 7. The Hall–Kier alpha value is 0.150. The SMILES string of the molecule is CCC(CN(CC)CC)OP(C)(C)=O. The Morgan fingerprint density at radius 3 is 2.00 bits per heavy atom. The first-order valence-corrected chi connectivity index (χ1v) is 7.90. The smallest absolute Gasteiger partial charge is 0.197 e. The van der Waals surface area contributed by atoms with Crippen molar-refractivity contribution in [3.8, 4) is 0 Å². The minimum atomic E-state index is -2.34. The number of likely N-dealkylation sites (N-methyl/N-ethyl adjacent to an activating group) is 1. The lowest BCUT2D eigenvalue weighted by Gasteiger charge is -2.25. The quantitative estimate of drug-likeness (QED) is 0.619. The summed E-state index contributed by atoms with van der Waals surface area (Å²) in [5.41, 5.74) is 0. The fourth-order valence-corrected chi connectivity index (χ4v) is 2.30. The molecule has 0 aliphatic carbocycles. The maximum Gasteiger partial charge on any atom is 0.197 e. The highest BCUT2D eigenvalue weighted by atomic mass is 31.2. The van der Waals surface area contributed by atoms with Crippen molar-refractivity contribution in [1.82, 2.24) is 4.90 Å². The largest absolute Gasteiger partial charge is 0.324 e. The van der Waals surface area contributed by atoms with Crippen LogP contribution in [-0.2, 0) is 9.09 Å². The molecule has 0 N–H and O–H groups in total. The van der Waals surface area contributed by atoms with Crippen molar-refractivity contribution >= 4 is 7.37 Å². The predicted octanol–water partition coefficient (Wildman–Crippen LogP) is 2.66. The highest BCUT2D eigenvalue weighted by molar-refractivity contribution is 7.57. The molecule has 14 heavy (non-hydrogen) atoms. The fourth-order valence-electron chi connectivity index (χ4n) is 1.37. The van der Waals surface area contributed by atoms with Crippen molar-refractivity contribution in [3.05, 3.63) is 0 Å². The predicted molar refractivity (Wildman–Crippen MR) is 62.4 cm³/mol. The lowest BCUT2D eigenvalue weighted by molar-refractivity contribution is 0.140. The molecule has 0 radical (unpaired) electrons. The average molecular weight is 221 g/mol. The summed E-state index contributed by atoms with van der Waals surface area (Å²) in [6.07, 6.45) is 1.03. The van der Waals surface area contributed by atoms with Crippen LogP contribution in [0.5, 0.6) is 0 Å². The van der Waals surface area contributed by atoms with Gasteiger partial charge in [-0.1, -0.05) is 20.8 Å². The van der Waals surface area contributed by atoms with Gasteiger partial charge in [0.2, 0.25) is 0 Å². The zero-order valence-electron chi connectivity index (χ0n) is 10.1. The van der Waals surface area contributed by atoms with Gasteiger partial charge in [-0.15, -0.1) is 0 Å². The molecule has 0 fully saturated rings. The van der Waals surface area contributed by atoms with Crippen molar-refractivity contribution in [2.45, 2.75) is 33.3 Å². The van der Waals surface area contributed by atoms with Gasteiger partial charge in [0.15, 0.2) is 7.37 Å². The molecule has 0 aromatic rings. The summed E-state index contributed by atoms with van der Waals surface area (Å²) in [5, 5.41) is 0. The molecule has 0 aromatic heterocycles. The molecule has 0 rings (SSSR count). The van der Waals surface area contributed by atoms with Crippen LogP contribution >= 0.6 is 7.37 Å². The van der Waals surface area contributed by atoms with Crippen LogP contribution in [-0.4, -0.2) is 44.0 Å². The second-order valence-electron chi connectivity index (χ2n) is 3.87. The zero-order valence-corrected chi connectivity index (χ0v) is 11.0. The van der Waals surface area contributed by atoms with Crippen molar-refractivity contribution < 1.29 is 9.09 Å². The van der Waals surface area contributed by atoms with Gasteiger partial charge in [0.25, 0.3) is 0 Å². The van der Waals surface area contributed by atoms with Crippen LogP contribution in [0.3, 0.4) is 0 Å². The first-order valence-electron chi connectivity index (χ1n) is 5.38. The Kier molecular flexibility index (Phi) is 6.67. The van der Waals surface area contributed by atoms with E-state index in [9.17, 15) is 4.57 Å². The molecule has 0 spiro atoms. The van der Waals surface area contributed by atoms with E-state index in [-0.39, 0.29) is 6.10 Å². The minimum absolute atomic E-state index is 0.107. The highest BCUT2D eigenvalue weighted by Gasteiger charge is 2.17. The van der Waals surface area contributed by atoms with Gasteiger partial charge in [-0.05, 0) is 19.5 Å². The van der Waals surface area contributed by atoms with Crippen molar-refractivity contribution in [1.29, 1.82) is 0 Å². The molecule has 1 atom stereocenters. The van der Waals surface area contributed by atoms with Crippen LogP contribution in [0.2, 0.25) is 0 Å². The zero-order chi connectivity index (χ0) is 11.2. The van der Waals surface area contributed by atoms with Gasteiger partial charge in [0.1, 0.15) is 0 Å². The first-order chi connectivity index (χ1) is 6.42. The van der Waals surface area contributed by atoms with E-state index in [1.165, 1.54) is 0 Å². The first kappa shape index (κ1) is 14.2. The van der Waals surface area contributed by atoms with E-state index in [1.807, 2.05) is 0 Å². The normalized spacial score (nSPS) is 14.7. The van der Waals surface area contributed by atoms with Gasteiger partial charge in [-0.25, -0.2) is 0 Å². The van der Waals surface area contributed by atoms with E-state index in [1.54, 1.807) is 13.3 Å². The van der Waals surface area contributed by atoms with Crippen LogP contribution in [0.1, 0.15) is 27.2 Å². The number of nitrogens with zero attached hydrogens (tertiary/aromatic N) is 1. The summed E-state index contributed by atoms with van der Waals surface area (Å²) in [4.78, 5) is 2.30. The van der Waals surface area contributed by atoms with E-state index in [4.69, 9.17) is 4.52 Å². The van der Waals surface area contributed by atoms with Gasteiger partial charge < -0.3 is 9.42 Å². The summed E-state index contributed by atoms with van der Waals surface area (Å²) < 4.78 is 17.0. The van der Waals surface area contributed by atoms with Gasteiger partial charge in [-0.2, -0.15) is 0 Å². The number of hydrogen-bond acceptors (Lipinski definition) is 3. The lowest BCUT2D eigenvalue weighted by Crippen LogP contribution is -2.32. The molecule has 0 bridgehead atoms.